The maximum Gasteiger partial charge on any atom is 0.0400 e. The first-order valence-electron chi connectivity index (χ1n) is 5.87. The van der Waals surface area contributed by atoms with Gasteiger partial charge in [-0.3, -0.25) is 0 Å². The Morgan fingerprint density at radius 1 is 1.33 bits per heavy atom. The molecular formula is C13H18N2. The molecule has 0 aliphatic carbocycles. The van der Waals surface area contributed by atoms with Crippen LogP contribution in [0.3, 0.4) is 0 Å². The summed E-state index contributed by atoms with van der Waals surface area (Å²) in [5, 5.41) is 3.48. The third kappa shape index (κ3) is 1.44. The Morgan fingerprint density at radius 3 is 3.00 bits per heavy atom. The largest absolute Gasteiger partial charge is 0.374 e. The molecule has 0 bridgehead atoms. The summed E-state index contributed by atoms with van der Waals surface area (Å²) in [6, 6.07) is 8.87. The minimum atomic E-state index is 0.751. The van der Waals surface area contributed by atoms with Crippen LogP contribution in [0.15, 0.2) is 24.3 Å². The van der Waals surface area contributed by atoms with Gasteiger partial charge in [-0.05, 0) is 37.1 Å². The maximum atomic E-state index is 3.48. The van der Waals surface area contributed by atoms with Crippen LogP contribution < -0.4 is 10.2 Å². The predicted molar refractivity (Wildman–Crippen MR) is 63.4 cm³/mol. The fourth-order valence-corrected chi connectivity index (χ4v) is 3.06. The van der Waals surface area contributed by atoms with Crippen LogP contribution in [0.5, 0.6) is 0 Å². The van der Waals surface area contributed by atoms with E-state index in [4.69, 9.17) is 0 Å². The van der Waals surface area contributed by atoms with Gasteiger partial charge in [0.05, 0.1) is 0 Å². The van der Waals surface area contributed by atoms with Gasteiger partial charge in [0.1, 0.15) is 0 Å². The van der Waals surface area contributed by atoms with Crippen molar-refractivity contribution >= 4 is 5.69 Å². The molecule has 15 heavy (non-hydrogen) atoms. The summed E-state index contributed by atoms with van der Waals surface area (Å²) >= 11 is 0. The van der Waals surface area contributed by atoms with Gasteiger partial charge >= 0.3 is 0 Å². The molecule has 2 unspecified atom stereocenters. The standard InChI is InChI=1S/C13H18N2/c1-15-9-12(10-6-7-14-8-10)11-4-2-3-5-13(11)15/h2-5,10,12,14H,6-9H2,1H3. The van der Waals surface area contributed by atoms with Crippen molar-refractivity contribution in [2.24, 2.45) is 5.92 Å². The molecule has 0 aromatic heterocycles. The fraction of sp³-hybridized carbons (Fsp3) is 0.538. The van der Waals surface area contributed by atoms with E-state index in [1.54, 1.807) is 5.56 Å². The lowest BCUT2D eigenvalue weighted by atomic mass is 9.87. The predicted octanol–water partition coefficient (Wildman–Crippen LogP) is 1.83. The van der Waals surface area contributed by atoms with Gasteiger partial charge in [-0.15, -0.1) is 0 Å². The normalized spacial score (nSPS) is 29.5. The minimum Gasteiger partial charge on any atom is -0.374 e. The number of nitrogens with zero attached hydrogens (tertiary/aromatic N) is 1. The summed E-state index contributed by atoms with van der Waals surface area (Å²) in [6.45, 7) is 3.60. The summed E-state index contributed by atoms with van der Waals surface area (Å²) < 4.78 is 0. The van der Waals surface area contributed by atoms with Crippen molar-refractivity contribution in [2.45, 2.75) is 12.3 Å². The van der Waals surface area contributed by atoms with Gasteiger partial charge in [0.15, 0.2) is 0 Å². The first-order chi connectivity index (χ1) is 7.36. The number of anilines is 1. The van der Waals surface area contributed by atoms with Crippen LogP contribution in [0.2, 0.25) is 0 Å². The lowest BCUT2D eigenvalue weighted by molar-refractivity contribution is 0.477. The average molecular weight is 202 g/mol. The van der Waals surface area contributed by atoms with E-state index in [1.165, 1.54) is 31.7 Å². The zero-order valence-corrected chi connectivity index (χ0v) is 9.24. The second kappa shape index (κ2) is 3.53. The highest BCUT2D eigenvalue weighted by Crippen LogP contribution is 2.40. The van der Waals surface area contributed by atoms with Gasteiger partial charge in [0.2, 0.25) is 0 Å². The molecule has 0 spiro atoms. The number of para-hydroxylation sites is 1. The Morgan fingerprint density at radius 2 is 2.20 bits per heavy atom. The van der Waals surface area contributed by atoms with Crippen molar-refractivity contribution < 1.29 is 0 Å². The molecule has 1 saturated heterocycles. The molecule has 2 aliphatic heterocycles. The second-order valence-corrected chi connectivity index (χ2v) is 4.80. The minimum absolute atomic E-state index is 0.751. The highest BCUT2D eigenvalue weighted by atomic mass is 15.1. The second-order valence-electron chi connectivity index (χ2n) is 4.80. The summed E-state index contributed by atoms with van der Waals surface area (Å²) in [7, 11) is 2.21. The van der Waals surface area contributed by atoms with Crippen LogP contribution in [-0.2, 0) is 0 Å². The topological polar surface area (TPSA) is 15.3 Å². The van der Waals surface area contributed by atoms with Crippen LogP contribution in [0.1, 0.15) is 17.9 Å². The smallest absolute Gasteiger partial charge is 0.0400 e. The lowest BCUT2D eigenvalue weighted by Crippen LogP contribution is -2.22. The number of fused-ring (bicyclic) bond motifs is 1. The van der Waals surface area contributed by atoms with Crippen LogP contribution >= 0.6 is 0 Å². The molecule has 2 heterocycles. The zero-order chi connectivity index (χ0) is 10.3. The van der Waals surface area contributed by atoms with E-state index < -0.39 is 0 Å². The van der Waals surface area contributed by atoms with Gasteiger partial charge in [-0.2, -0.15) is 0 Å². The summed E-state index contributed by atoms with van der Waals surface area (Å²) in [6.07, 6.45) is 1.34. The van der Waals surface area contributed by atoms with Gasteiger partial charge < -0.3 is 10.2 Å². The van der Waals surface area contributed by atoms with E-state index in [9.17, 15) is 0 Å². The summed E-state index contributed by atoms with van der Waals surface area (Å²) in [4.78, 5) is 2.40. The van der Waals surface area contributed by atoms with Crippen LogP contribution in [0, 0.1) is 5.92 Å². The molecule has 80 valence electrons. The van der Waals surface area contributed by atoms with Crippen LogP contribution in [-0.4, -0.2) is 26.7 Å². The highest BCUT2D eigenvalue weighted by molar-refractivity contribution is 5.59. The highest BCUT2D eigenvalue weighted by Gasteiger charge is 2.33. The SMILES string of the molecule is CN1CC(C2CCNC2)c2ccccc21. The van der Waals surface area contributed by atoms with Crippen molar-refractivity contribution in [2.75, 3.05) is 31.6 Å². The number of hydrogen-bond donors (Lipinski definition) is 1. The number of likely N-dealkylation sites (N-methyl/N-ethyl adjacent to an activating group) is 1. The third-order valence-electron chi connectivity index (χ3n) is 3.89. The molecule has 1 fully saturated rings. The Labute approximate surface area is 91.3 Å². The van der Waals surface area contributed by atoms with Crippen LogP contribution in [0.4, 0.5) is 5.69 Å². The Bertz CT molecular complexity index is 355. The molecular weight excluding hydrogens is 184 g/mol. The van der Waals surface area contributed by atoms with Crippen molar-refractivity contribution in [3.8, 4) is 0 Å². The van der Waals surface area contributed by atoms with Gasteiger partial charge in [-0.25, -0.2) is 0 Å². The van der Waals surface area contributed by atoms with Crippen molar-refractivity contribution in [1.82, 2.24) is 5.32 Å². The first kappa shape index (κ1) is 9.22. The van der Waals surface area contributed by atoms with Gasteiger partial charge in [0.25, 0.3) is 0 Å². The number of rotatable bonds is 1. The molecule has 1 aromatic carbocycles. The monoisotopic (exact) mass is 202 g/mol. The van der Waals surface area contributed by atoms with E-state index in [0.717, 1.165) is 11.8 Å². The molecule has 0 amide bonds. The average Bonchev–Trinajstić information content (AvgIpc) is 2.87. The van der Waals surface area contributed by atoms with Crippen molar-refractivity contribution in [3.05, 3.63) is 29.8 Å². The lowest BCUT2D eigenvalue weighted by Gasteiger charge is -2.18. The quantitative estimate of drug-likeness (QED) is 0.747. The van der Waals surface area contributed by atoms with Crippen molar-refractivity contribution in [1.29, 1.82) is 0 Å². The number of nitrogens with one attached hydrogen (secondary N) is 1. The number of hydrogen-bond acceptors (Lipinski definition) is 2. The Kier molecular flexibility index (Phi) is 2.17. The van der Waals surface area contributed by atoms with Gasteiger partial charge in [0, 0.05) is 25.2 Å². The molecule has 1 aromatic rings. The number of benzene rings is 1. The zero-order valence-electron chi connectivity index (χ0n) is 9.24. The maximum absolute atomic E-state index is 3.48. The third-order valence-corrected chi connectivity index (χ3v) is 3.89. The van der Waals surface area contributed by atoms with Crippen LogP contribution in [0.25, 0.3) is 0 Å². The van der Waals surface area contributed by atoms with E-state index in [-0.39, 0.29) is 0 Å². The molecule has 2 atom stereocenters. The summed E-state index contributed by atoms with van der Waals surface area (Å²) in [5.41, 5.74) is 3.00. The molecule has 0 radical (unpaired) electrons. The first-order valence-corrected chi connectivity index (χ1v) is 5.87. The molecule has 0 saturated carbocycles. The Hall–Kier alpha value is -1.02. The van der Waals surface area contributed by atoms with E-state index >= 15 is 0 Å². The van der Waals surface area contributed by atoms with E-state index in [1.807, 2.05) is 0 Å². The van der Waals surface area contributed by atoms with E-state index in [2.05, 4.69) is 41.5 Å². The molecule has 2 heteroatoms. The van der Waals surface area contributed by atoms with E-state index in [0.29, 0.717) is 0 Å². The van der Waals surface area contributed by atoms with Crippen molar-refractivity contribution in [3.63, 3.8) is 0 Å². The molecule has 2 aliphatic rings. The summed E-state index contributed by atoms with van der Waals surface area (Å²) in [5.74, 6) is 1.59. The fourth-order valence-electron chi connectivity index (χ4n) is 3.06. The van der Waals surface area contributed by atoms with Gasteiger partial charge in [-0.1, -0.05) is 18.2 Å². The molecule has 1 N–H and O–H groups in total. The Balaban J connectivity index is 1.93. The molecule has 2 nitrogen and oxygen atoms in total. The molecule has 3 rings (SSSR count).